The van der Waals surface area contributed by atoms with Crippen LogP contribution in [0, 0.1) is 5.92 Å². The van der Waals surface area contributed by atoms with Gasteiger partial charge in [-0.15, -0.1) is 6.58 Å². The van der Waals surface area contributed by atoms with E-state index in [-0.39, 0.29) is 11.0 Å². The highest BCUT2D eigenvalue weighted by Crippen LogP contribution is 2.24. The molecule has 1 atom stereocenters. The summed E-state index contributed by atoms with van der Waals surface area (Å²) < 4.78 is 0. The summed E-state index contributed by atoms with van der Waals surface area (Å²) in [4.78, 5) is 10.8. The van der Waals surface area contributed by atoms with Gasteiger partial charge in [0.1, 0.15) is 0 Å². The molecule has 0 aliphatic carbocycles. The minimum Gasteiger partial charge on any atom is -0.286 e. The molecule has 2 heteroatoms. The molecule has 0 bridgehead atoms. The van der Waals surface area contributed by atoms with Crippen molar-refractivity contribution in [3.63, 3.8) is 0 Å². The Morgan fingerprint density at radius 1 is 1.89 bits per heavy atom. The molecule has 1 aliphatic heterocycles. The second-order valence-corrected chi connectivity index (χ2v) is 2.81. The van der Waals surface area contributed by atoms with E-state index in [1.807, 2.05) is 11.5 Å². The SMILES string of the molecule is C=CCC1C=CSC1=O. The van der Waals surface area contributed by atoms with Crippen LogP contribution in [-0.2, 0) is 4.79 Å². The lowest BCUT2D eigenvalue weighted by molar-refractivity contribution is -0.112. The van der Waals surface area contributed by atoms with E-state index in [9.17, 15) is 4.79 Å². The number of allylic oxidation sites excluding steroid dienone is 2. The number of rotatable bonds is 2. The van der Waals surface area contributed by atoms with Crippen molar-refractivity contribution in [1.82, 2.24) is 0 Å². The molecule has 0 spiro atoms. The standard InChI is InChI=1S/C7H8OS/c1-2-3-6-4-5-9-7(6)8/h2,4-6H,1,3H2. The number of hydrogen-bond acceptors (Lipinski definition) is 2. The molecular formula is C7H8OS. The van der Waals surface area contributed by atoms with Gasteiger partial charge >= 0.3 is 0 Å². The molecule has 1 unspecified atom stereocenters. The first kappa shape index (κ1) is 6.62. The zero-order valence-electron chi connectivity index (χ0n) is 5.04. The van der Waals surface area contributed by atoms with Gasteiger partial charge in [-0.05, 0) is 11.8 Å². The highest BCUT2D eigenvalue weighted by atomic mass is 32.2. The normalized spacial score (nSPS) is 24.9. The van der Waals surface area contributed by atoms with E-state index >= 15 is 0 Å². The molecule has 0 saturated heterocycles. The zero-order valence-corrected chi connectivity index (χ0v) is 5.86. The molecule has 0 amide bonds. The summed E-state index contributed by atoms with van der Waals surface area (Å²) in [7, 11) is 0. The maximum atomic E-state index is 10.8. The summed E-state index contributed by atoms with van der Waals surface area (Å²) in [6.07, 6.45) is 4.48. The van der Waals surface area contributed by atoms with Gasteiger partial charge in [-0.25, -0.2) is 0 Å². The lowest BCUT2D eigenvalue weighted by Crippen LogP contribution is -2.00. The van der Waals surface area contributed by atoms with Crippen molar-refractivity contribution in [2.45, 2.75) is 6.42 Å². The Hall–Kier alpha value is -0.500. The Morgan fingerprint density at radius 3 is 3.11 bits per heavy atom. The van der Waals surface area contributed by atoms with E-state index in [2.05, 4.69) is 6.58 Å². The molecule has 1 rings (SSSR count). The van der Waals surface area contributed by atoms with Gasteiger partial charge in [0, 0.05) is 0 Å². The molecule has 0 aromatic heterocycles. The number of thioether (sulfide) groups is 1. The average Bonchev–Trinajstić information content (AvgIpc) is 2.18. The fourth-order valence-electron chi connectivity index (χ4n) is 0.721. The molecule has 0 N–H and O–H groups in total. The van der Waals surface area contributed by atoms with E-state index < -0.39 is 0 Å². The molecule has 1 aliphatic rings. The summed E-state index contributed by atoms with van der Waals surface area (Å²) in [5.74, 6) is 0.104. The highest BCUT2D eigenvalue weighted by Gasteiger charge is 2.17. The predicted octanol–water partition coefficient (Wildman–Crippen LogP) is 1.97. The van der Waals surface area contributed by atoms with Crippen LogP contribution < -0.4 is 0 Å². The number of carbonyl (C=O) groups excluding carboxylic acids is 1. The van der Waals surface area contributed by atoms with Gasteiger partial charge in [0.2, 0.25) is 0 Å². The van der Waals surface area contributed by atoms with Gasteiger partial charge in [-0.3, -0.25) is 4.79 Å². The summed E-state index contributed by atoms with van der Waals surface area (Å²) in [6, 6.07) is 0. The van der Waals surface area contributed by atoms with E-state index in [1.165, 1.54) is 11.8 Å². The Labute approximate surface area is 58.8 Å². The van der Waals surface area contributed by atoms with Crippen LogP contribution in [0.25, 0.3) is 0 Å². The summed E-state index contributed by atoms with van der Waals surface area (Å²) in [5.41, 5.74) is 0. The quantitative estimate of drug-likeness (QED) is 0.545. The van der Waals surface area contributed by atoms with Crippen LogP contribution in [0.3, 0.4) is 0 Å². The maximum absolute atomic E-state index is 10.8. The molecular weight excluding hydrogens is 132 g/mol. The van der Waals surface area contributed by atoms with Crippen LogP contribution in [0.15, 0.2) is 24.1 Å². The highest BCUT2D eigenvalue weighted by molar-refractivity contribution is 8.16. The molecule has 9 heavy (non-hydrogen) atoms. The van der Waals surface area contributed by atoms with Gasteiger partial charge < -0.3 is 0 Å². The van der Waals surface area contributed by atoms with E-state index in [0.717, 1.165) is 6.42 Å². The summed E-state index contributed by atoms with van der Waals surface area (Å²) >= 11 is 1.28. The lowest BCUT2D eigenvalue weighted by atomic mass is 10.1. The Bertz CT molecular complexity index is 160. The van der Waals surface area contributed by atoms with Crippen LogP contribution in [0.4, 0.5) is 0 Å². The van der Waals surface area contributed by atoms with Crippen molar-refractivity contribution in [2.75, 3.05) is 0 Å². The molecule has 1 heterocycles. The second-order valence-electron chi connectivity index (χ2n) is 1.90. The molecule has 0 radical (unpaired) electrons. The van der Waals surface area contributed by atoms with E-state index in [4.69, 9.17) is 0 Å². The third-order valence-electron chi connectivity index (χ3n) is 1.22. The summed E-state index contributed by atoms with van der Waals surface area (Å²) in [5, 5.41) is 2.09. The monoisotopic (exact) mass is 140 g/mol. The van der Waals surface area contributed by atoms with Gasteiger partial charge in [0.15, 0.2) is 5.12 Å². The molecule has 1 nitrogen and oxygen atoms in total. The Kier molecular flexibility index (Phi) is 2.11. The van der Waals surface area contributed by atoms with Gasteiger partial charge in [0.05, 0.1) is 5.92 Å². The number of hydrogen-bond donors (Lipinski definition) is 0. The fourth-order valence-corrected chi connectivity index (χ4v) is 1.47. The van der Waals surface area contributed by atoms with Crippen LogP contribution in [0.1, 0.15) is 6.42 Å². The van der Waals surface area contributed by atoms with Crippen molar-refractivity contribution in [3.05, 3.63) is 24.1 Å². The van der Waals surface area contributed by atoms with Crippen molar-refractivity contribution < 1.29 is 4.79 Å². The van der Waals surface area contributed by atoms with Crippen molar-refractivity contribution in [1.29, 1.82) is 0 Å². The van der Waals surface area contributed by atoms with E-state index in [0.29, 0.717) is 0 Å². The van der Waals surface area contributed by atoms with Crippen LogP contribution >= 0.6 is 11.8 Å². The topological polar surface area (TPSA) is 17.1 Å². The maximum Gasteiger partial charge on any atom is 0.200 e. The average molecular weight is 140 g/mol. The number of carbonyl (C=O) groups is 1. The van der Waals surface area contributed by atoms with Crippen LogP contribution in [0.2, 0.25) is 0 Å². The van der Waals surface area contributed by atoms with Crippen molar-refractivity contribution in [3.8, 4) is 0 Å². The minimum atomic E-state index is 0.104. The molecule has 0 fully saturated rings. The molecule has 48 valence electrons. The third kappa shape index (κ3) is 1.45. The molecule has 0 aromatic rings. The minimum absolute atomic E-state index is 0.104. The predicted molar refractivity (Wildman–Crippen MR) is 40.0 cm³/mol. The fraction of sp³-hybridized carbons (Fsp3) is 0.286. The summed E-state index contributed by atoms with van der Waals surface area (Å²) in [6.45, 7) is 3.56. The van der Waals surface area contributed by atoms with Crippen molar-refractivity contribution >= 4 is 16.9 Å². The smallest absolute Gasteiger partial charge is 0.200 e. The van der Waals surface area contributed by atoms with Crippen LogP contribution in [-0.4, -0.2) is 5.12 Å². The first-order valence-corrected chi connectivity index (χ1v) is 3.70. The van der Waals surface area contributed by atoms with Crippen LogP contribution in [0.5, 0.6) is 0 Å². The first-order valence-electron chi connectivity index (χ1n) is 2.82. The first-order chi connectivity index (χ1) is 4.34. The largest absolute Gasteiger partial charge is 0.286 e. The van der Waals surface area contributed by atoms with Gasteiger partial charge in [0.25, 0.3) is 0 Å². The Morgan fingerprint density at radius 2 is 2.67 bits per heavy atom. The third-order valence-corrected chi connectivity index (χ3v) is 2.05. The van der Waals surface area contributed by atoms with Crippen molar-refractivity contribution in [2.24, 2.45) is 5.92 Å². The molecule has 0 saturated carbocycles. The molecule has 0 aromatic carbocycles. The van der Waals surface area contributed by atoms with Gasteiger partial charge in [-0.2, -0.15) is 0 Å². The lowest BCUT2D eigenvalue weighted by Gasteiger charge is -1.97. The zero-order chi connectivity index (χ0) is 6.69. The van der Waals surface area contributed by atoms with Gasteiger partial charge in [-0.1, -0.05) is 23.9 Å². The Balaban J connectivity index is 2.48. The second kappa shape index (κ2) is 2.87. The van der Waals surface area contributed by atoms with E-state index in [1.54, 1.807) is 6.08 Å².